The summed E-state index contributed by atoms with van der Waals surface area (Å²) in [6.45, 7) is 1.89. The Morgan fingerprint density at radius 1 is 1.28 bits per heavy atom. The van der Waals surface area contributed by atoms with Gasteiger partial charge in [0.15, 0.2) is 0 Å². The van der Waals surface area contributed by atoms with Crippen molar-refractivity contribution in [3.05, 3.63) is 42.5 Å². The van der Waals surface area contributed by atoms with Crippen LogP contribution >= 0.6 is 0 Å². The van der Waals surface area contributed by atoms with Gasteiger partial charge in [0, 0.05) is 6.42 Å². The van der Waals surface area contributed by atoms with Crippen molar-refractivity contribution < 1.29 is 14.7 Å². The Balaban J connectivity index is 1.62. The fourth-order valence-electron chi connectivity index (χ4n) is 3.46. The maximum Gasteiger partial charge on any atom is 0.310 e. The van der Waals surface area contributed by atoms with E-state index in [4.69, 9.17) is 0 Å². The van der Waals surface area contributed by atoms with Gasteiger partial charge in [0.1, 0.15) is 12.7 Å². The number of nitrogens with zero attached hydrogens (tertiary/aromatic N) is 3. The third-order valence-corrected chi connectivity index (χ3v) is 4.97. The number of benzene rings is 1. The highest BCUT2D eigenvalue weighted by atomic mass is 16.4. The van der Waals surface area contributed by atoms with Crippen LogP contribution in [-0.4, -0.2) is 31.7 Å². The van der Waals surface area contributed by atoms with Crippen LogP contribution in [0.4, 0.5) is 0 Å². The normalized spacial score (nSPS) is 17.2. The highest BCUT2D eigenvalue weighted by Gasteiger charge is 2.43. The van der Waals surface area contributed by atoms with Crippen molar-refractivity contribution in [3.8, 4) is 5.69 Å². The number of hydrogen-bond acceptors (Lipinski definition) is 4. The van der Waals surface area contributed by atoms with Crippen LogP contribution in [0.2, 0.25) is 0 Å². The summed E-state index contributed by atoms with van der Waals surface area (Å²) in [6, 6.07) is 7.46. The number of nitrogens with one attached hydrogen (secondary N) is 1. The van der Waals surface area contributed by atoms with Gasteiger partial charge >= 0.3 is 5.97 Å². The smallest absolute Gasteiger partial charge is 0.310 e. The number of carbonyl (C=O) groups is 2. The predicted octanol–water partition coefficient (Wildman–Crippen LogP) is 2.48. The van der Waals surface area contributed by atoms with E-state index in [9.17, 15) is 14.7 Å². The Hall–Kier alpha value is -2.70. The Bertz CT molecular complexity index is 734. The average molecular weight is 342 g/mol. The standard InChI is InChI=1S/C18H22N4O3/c1-13(14-4-6-15(7-5-14)22-12-19-11-20-22)21-16(23)10-18(17(24)25)8-2-3-9-18/h4-7,11-13H,2-3,8-10H2,1H3,(H,21,23)(H,24,25)/t13-/m0/s1. The molecule has 3 rings (SSSR count). The molecule has 0 aliphatic heterocycles. The van der Waals surface area contributed by atoms with Crippen molar-refractivity contribution in [2.45, 2.75) is 45.1 Å². The molecule has 1 amide bonds. The molecule has 1 aliphatic carbocycles. The summed E-state index contributed by atoms with van der Waals surface area (Å²) in [5.74, 6) is -1.07. The van der Waals surface area contributed by atoms with Gasteiger partial charge in [-0.2, -0.15) is 5.10 Å². The zero-order valence-electron chi connectivity index (χ0n) is 14.2. The molecule has 0 spiro atoms. The van der Waals surface area contributed by atoms with Gasteiger partial charge in [-0.25, -0.2) is 9.67 Å². The summed E-state index contributed by atoms with van der Waals surface area (Å²) >= 11 is 0. The second kappa shape index (κ2) is 7.04. The predicted molar refractivity (Wildman–Crippen MR) is 91.1 cm³/mol. The first-order chi connectivity index (χ1) is 12.0. The number of carboxylic acids is 1. The molecule has 1 atom stereocenters. The van der Waals surface area contributed by atoms with E-state index in [1.54, 1.807) is 11.0 Å². The van der Waals surface area contributed by atoms with Crippen molar-refractivity contribution in [2.24, 2.45) is 5.41 Å². The van der Waals surface area contributed by atoms with Gasteiger partial charge in [-0.05, 0) is 37.5 Å². The molecule has 1 aliphatic rings. The number of aliphatic carboxylic acids is 1. The first kappa shape index (κ1) is 17.1. The third-order valence-electron chi connectivity index (χ3n) is 4.97. The maximum absolute atomic E-state index is 12.3. The lowest BCUT2D eigenvalue weighted by Gasteiger charge is -2.24. The number of carboxylic acid groups (broad SMARTS) is 1. The van der Waals surface area contributed by atoms with Gasteiger partial charge in [-0.3, -0.25) is 9.59 Å². The summed E-state index contributed by atoms with van der Waals surface area (Å²) in [5.41, 5.74) is 0.949. The van der Waals surface area contributed by atoms with Crippen molar-refractivity contribution in [1.82, 2.24) is 20.1 Å². The van der Waals surface area contributed by atoms with E-state index in [1.807, 2.05) is 31.2 Å². The van der Waals surface area contributed by atoms with Crippen LogP contribution in [0.25, 0.3) is 5.69 Å². The van der Waals surface area contributed by atoms with Crippen LogP contribution in [-0.2, 0) is 9.59 Å². The van der Waals surface area contributed by atoms with Gasteiger partial charge in [0.25, 0.3) is 0 Å². The van der Waals surface area contributed by atoms with Crippen LogP contribution in [0.15, 0.2) is 36.9 Å². The molecule has 2 aromatic rings. The van der Waals surface area contributed by atoms with E-state index in [0.717, 1.165) is 24.1 Å². The van der Waals surface area contributed by atoms with Gasteiger partial charge in [0.05, 0.1) is 17.1 Å². The highest BCUT2D eigenvalue weighted by Crippen LogP contribution is 2.41. The number of hydrogen-bond donors (Lipinski definition) is 2. The van der Waals surface area contributed by atoms with Crippen molar-refractivity contribution in [1.29, 1.82) is 0 Å². The first-order valence-corrected chi connectivity index (χ1v) is 8.48. The van der Waals surface area contributed by atoms with E-state index < -0.39 is 11.4 Å². The van der Waals surface area contributed by atoms with E-state index >= 15 is 0 Å². The molecule has 1 saturated carbocycles. The van der Waals surface area contributed by atoms with Gasteiger partial charge in [-0.15, -0.1) is 0 Å². The van der Waals surface area contributed by atoms with E-state index in [2.05, 4.69) is 15.4 Å². The number of carbonyl (C=O) groups excluding carboxylic acids is 1. The van der Waals surface area contributed by atoms with Gasteiger partial charge < -0.3 is 10.4 Å². The Morgan fingerprint density at radius 3 is 2.52 bits per heavy atom. The van der Waals surface area contributed by atoms with E-state index in [1.165, 1.54) is 6.33 Å². The van der Waals surface area contributed by atoms with Crippen molar-refractivity contribution in [2.75, 3.05) is 0 Å². The second-order valence-corrected chi connectivity index (χ2v) is 6.69. The topological polar surface area (TPSA) is 97.1 Å². The van der Waals surface area contributed by atoms with E-state index in [0.29, 0.717) is 12.8 Å². The minimum Gasteiger partial charge on any atom is -0.481 e. The lowest BCUT2D eigenvalue weighted by atomic mass is 9.82. The van der Waals surface area contributed by atoms with Gasteiger partial charge in [-0.1, -0.05) is 25.0 Å². The number of rotatable bonds is 6. The molecule has 0 radical (unpaired) electrons. The summed E-state index contributed by atoms with van der Waals surface area (Å²) in [4.78, 5) is 27.8. The zero-order chi connectivity index (χ0) is 17.9. The molecule has 25 heavy (non-hydrogen) atoms. The number of aromatic nitrogens is 3. The fourth-order valence-corrected chi connectivity index (χ4v) is 3.46. The Morgan fingerprint density at radius 2 is 1.96 bits per heavy atom. The van der Waals surface area contributed by atoms with Crippen molar-refractivity contribution >= 4 is 11.9 Å². The summed E-state index contributed by atoms with van der Waals surface area (Å²) in [6.07, 6.45) is 6.04. The van der Waals surface area contributed by atoms with Crippen LogP contribution in [0.1, 0.15) is 50.6 Å². The van der Waals surface area contributed by atoms with Crippen LogP contribution in [0, 0.1) is 5.41 Å². The Labute approximate surface area is 146 Å². The summed E-state index contributed by atoms with van der Waals surface area (Å²) < 4.78 is 1.66. The minimum atomic E-state index is -0.888. The molecule has 7 heteroatoms. The molecule has 0 bridgehead atoms. The average Bonchev–Trinajstić information content (AvgIpc) is 3.27. The van der Waals surface area contributed by atoms with Crippen LogP contribution in [0.5, 0.6) is 0 Å². The Kier molecular flexibility index (Phi) is 4.83. The first-order valence-electron chi connectivity index (χ1n) is 8.48. The third kappa shape index (κ3) is 3.70. The fraction of sp³-hybridized carbons (Fsp3) is 0.444. The second-order valence-electron chi connectivity index (χ2n) is 6.69. The molecule has 132 valence electrons. The molecule has 1 aromatic heterocycles. The lowest BCUT2D eigenvalue weighted by molar-refractivity contribution is -0.151. The molecule has 1 fully saturated rings. The lowest BCUT2D eigenvalue weighted by Crippen LogP contribution is -2.36. The molecule has 0 saturated heterocycles. The minimum absolute atomic E-state index is 0.0454. The molecule has 1 heterocycles. The summed E-state index contributed by atoms with van der Waals surface area (Å²) in [5, 5.41) is 16.5. The molecular weight excluding hydrogens is 320 g/mol. The monoisotopic (exact) mass is 342 g/mol. The molecule has 2 N–H and O–H groups in total. The van der Waals surface area contributed by atoms with Crippen molar-refractivity contribution in [3.63, 3.8) is 0 Å². The van der Waals surface area contributed by atoms with Crippen LogP contribution in [0.3, 0.4) is 0 Å². The van der Waals surface area contributed by atoms with E-state index in [-0.39, 0.29) is 18.4 Å². The zero-order valence-corrected chi connectivity index (χ0v) is 14.2. The SMILES string of the molecule is C[C@H](NC(=O)CC1(C(=O)O)CCCC1)c1ccc(-n2cncn2)cc1. The van der Waals surface area contributed by atoms with Gasteiger partial charge in [0.2, 0.25) is 5.91 Å². The molecule has 1 aromatic carbocycles. The highest BCUT2D eigenvalue weighted by molar-refractivity contribution is 5.85. The van der Waals surface area contributed by atoms with Crippen LogP contribution < -0.4 is 5.32 Å². The molecular formula is C18H22N4O3. The largest absolute Gasteiger partial charge is 0.481 e. The molecule has 7 nitrogen and oxygen atoms in total. The maximum atomic E-state index is 12.3. The molecule has 0 unspecified atom stereocenters. The summed E-state index contributed by atoms with van der Waals surface area (Å²) in [7, 11) is 0. The quantitative estimate of drug-likeness (QED) is 0.840. The number of amides is 1.